The standard InChI is InChI=1S/C14H26O4.C12H20O7/c1-3-14(4-2,13(17)18)11-9-7-5-6-8-10-12(15)16;1-4-11(5-2,9(15)16)12(10(17)18,19-6-3)7-8(13)14/h3-11H2,1-2H3,(H,15,16)(H,17,18);4-7H2,1-3H3,(H,13,14)(H,15,16)(H,17,18). The van der Waals surface area contributed by atoms with Crippen molar-refractivity contribution in [2.24, 2.45) is 10.8 Å². The van der Waals surface area contributed by atoms with E-state index in [1.165, 1.54) is 20.8 Å². The third-order valence-corrected chi connectivity index (χ3v) is 7.38. The van der Waals surface area contributed by atoms with Crippen molar-refractivity contribution >= 4 is 29.8 Å². The molecule has 1 atom stereocenters. The summed E-state index contributed by atoms with van der Waals surface area (Å²) in [7, 11) is 0. The zero-order valence-electron chi connectivity index (χ0n) is 22.9. The third kappa shape index (κ3) is 10.3. The van der Waals surface area contributed by atoms with Gasteiger partial charge in [0, 0.05) is 13.0 Å². The van der Waals surface area contributed by atoms with Crippen LogP contribution >= 0.6 is 0 Å². The first-order valence-electron chi connectivity index (χ1n) is 13.0. The van der Waals surface area contributed by atoms with Gasteiger partial charge in [0.05, 0.1) is 11.8 Å². The fourth-order valence-corrected chi connectivity index (χ4v) is 4.74. The Hall–Kier alpha value is -2.69. The molecule has 0 aromatic rings. The lowest BCUT2D eigenvalue weighted by molar-refractivity contribution is -0.205. The molecule has 0 aromatic carbocycles. The second-order valence-corrected chi connectivity index (χ2v) is 9.18. The van der Waals surface area contributed by atoms with Gasteiger partial charge in [-0.2, -0.15) is 0 Å². The van der Waals surface area contributed by atoms with E-state index in [4.69, 9.17) is 14.9 Å². The molecule has 0 amide bonds. The average molecular weight is 535 g/mol. The normalized spacial score (nSPS) is 13.1. The lowest BCUT2D eigenvalue weighted by atomic mass is 9.66. The van der Waals surface area contributed by atoms with Gasteiger partial charge in [0.15, 0.2) is 5.60 Å². The number of ether oxygens (including phenoxy) is 1. The van der Waals surface area contributed by atoms with E-state index in [0.717, 1.165) is 38.5 Å². The number of hydrogen-bond acceptors (Lipinski definition) is 6. The van der Waals surface area contributed by atoms with E-state index < -0.39 is 52.7 Å². The summed E-state index contributed by atoms with van der Waals surface area (Å²) in [5.41, 5.74) is -4.61. The van der Waals surface area contributed by atoms with Crippen LogP contribution in [0.3, 0.4) is 0 Å². The Morgan fingerprint density at radius 2 is 1.08 bits per heavy atom. The Balaban J connectivity index is 0. The fourth-order valence-electron chi connectivity index (χ4n) is 4.74. The highest BCUT2D eigenvalue weighted by molar-refractivity contribution is 5.92. The maximum absolute atomic E-state index is 11.6. The van der Waals surface area contributed by atoms with Crippen molar-refractivity contribution in [3.05, 3.63) is 0 Å². The molecule has 0 radical (unpaired) electrons. The van der Waals surface area contributed by atoms with Gasteiger partial charge in [0.2, 0.25) is 0 Å². The van der Waals surface area contributed by atoms with Crippen LogP contribution in [-0.2, 0) is 28.7 Å². The maximum Gasteiger partial charge on any atom is 0.337 e. The zero-order chi connectivity index (χ0) is 29.3. The zero-order valence-corrected chi connectivity index (χ0v) is 22.9. The Morgan fingerprint density at radius 3 is 1.41 bits per heavy atom. The summed E-state index contributed by atoms with van der Waals surface area (Å²) in [5, 5.41) is 45.5. The van der Waals surface area contributed by atoms with Gasteiger partial charge in [-0.1, -0.05) is 53.4 Å². The molecule has 0 aliphatic carbocycles. The molecule has 0 spiro atoms. The van der Waals surface area contributed by atoms with Crippen molar-refractivity contribution in [2.75, 3.05) is 6.61 Å². The minimum absolute atomic E-state index is 0.0432. The van der Waals surface area contributed by atoms with Gasteiger partial charge in [-0.15, -0.1) is 0 Å². The highest BCUT2D eigenvalue weighted by atomic mass is 16.5. The van der Waals surface area contributed by atoms with Gasteiger partial charge in [-0.3, -0.25) is 19.2 Å². The summed E-state index contributed by atoms with van der Waals surface area (Å²) in [6, 6.07) is 0. The molecular formula is C26H46O11. The summed E-state index contributed by atoms with van der Waals surface area (Å²) in [6.45, 7) is 8.30. The Labute approximate surface area is 219 Å². The topological polar surface area (TPSA) is 196 Å². The van der Waals surface area contributed by atoms with E-state index in [2.05, 4.69) is 0 Å². The smallest absolute Gasteiger partial charge is 0.337 e. The summed E-state index contributed by atoms with van der Waals surface area (Å²) < 4.78 is 5.15. The third-order valence-electron chi connectivity index (χ3n) is 7.38. The van der Waals surface area contributed by atoms with Crippen LogP contribution in [0.5, 0.6) is 0 Å². The van der Waals surface area contributed by atoms with Gasteiger partial charge >= 0.3 is 29.8 Å². The van der Waals surface area contributed by atoms with Crippen molar-refractivity contribution < 1.29 is 54.2 Å². The molecule has 0 heterocycles. The van der Waals surface area contributed by atoms with Crippen molar-refractivity contribution in [3.63, 3.8) is 0 Å². The van der Waals surface area contributed by atoms with Gasteiger partial charge in [-0.05, 0) is 45.4 Å². The summed E-state index contributed by atoms with van der Waals surface area (Å²) in [6.07, 6.45) is 5.89. The van der Waals surface area contributed by atoms with E-state index in [1.54, 1.807) is 0 Å². The molecule has 5 N–H and O–H groups in total. The summed E-state index contributed by atoms with van der Waals surface area (Å²) in [4.78, 5) is 55.6. The first kappa shape index (κ1) is 36.5. The number of carboxylic acids is 5. The second kappa shape index (κ2) is 17.7. The fraction of sp³-hybridized carbons (Fsp3) is 0.808. The van der Waals surface area contributed by atoms with Crippen LogP contribution in [0, 0.1) is 10.8 Å². The minimum Gasteiger partial charge on any atom is -0.481 e. The molecule has 1 unspecified atom stereocenters. The molecular weight excluding hydrogens is 488 g/mol. The number of hydrogen-bond donors (Lipinski definition) is 5. The van der Waals surface area contributed by atoms with E-state index in [1.807, 2.05) is 13.8 Å². The SMILES string of the molecule is CCC(CC)(CCCCCCCC(=O)O)C(=O)O.CCOC(CC(=O)O)(C(=O)O)C(CC)(CC)C(=O)O. The van der Waals surface area contributed by atoms with Gasteiger partial charge in [-0.25, -0.2) is 4.79 Å². The maximum atomic E-state index is 11.6. The molecule has 0 aliphatic rings. The molecule has 0 fully saturated rings. The van der Waals surface area contributed by atoms with Crippen molar-refractivity contribution in [3.8, 4) is 0 Å². The molecule has 0 bridgehead atoms. The lowest BCUT2D eigenvalue weighted by Crippen LogP contribution is -2.60. The molecule has 0 saturated heterocycles. The first-order chi connectivity index (χ1) is 17.2. The number of rotatable bonds is 20. The van der Waals surface area contributed by atoms with Crippen LogP contribution in [0.4, 0.5) is 0 Å². The average Bonchev–Trinajstić information content (AvgIpc) is 2.81. The van der Waals surface area contributed by atoms with Crippen molar-refractivity contribution in [1.82, 2.24) is 0 Å². The predicted molar refractivity (Wildman–Crippen MR) is 136 cm³/mol. The van der Waals surface area contributed by atoms with Crippen LogP contribution in [0.1, 0.15) is 112 Å². The highest BCUT2D eigenvalue weighted by Crippen LogP contribution is 2.44. The van der Waals surface area contributed by atoms with E-state index in [0.29, 0.717) is 12.8 Å². The van der Waals surface area contributed by atoms with Gasteiger partial charge in [0.1, 0.15) is 5.41 Å². The van der Waals surface area contributed by atoms with Gasteiger partial charge in [0.25, 0.3) is 0 Å². The Morgan fingerprint density at radius 1 is 0.595 bits per heavy atom. The predicted octanol–water partition coefficient (Wildman–Crippen LogP) is 4.90. The second-order valence-electron chi connectivity index (χ2n) is 9.18. The van der Waals surface area contributed by atoms with Crippen molar-refractivity contribution in [2.45, 2.75) is 117 Å². The molecule has 0 aromatic heterocycles. The number of carboxylic acid groups (broad SMARTS) is 5. The number of aliphatic carboxylic acids is 5. The molecule has 37 heavy (non-hydrogen) atoms. The molecule has 0 saturated carbocycles. The summed E-state index contributed by atoms with van der Waals surface area (Å²) in [5.74, 6) is -5.77. The van der Waals surface area contributed by atoms with Gasteiger partial charge < -0.3 is 30.3 Å². The number of unbranched alkanes of at least 4 members (excludes halogenated alkanes) is 4. The molecule has 0 rings (SSSR count). The molecule has 216 valence electrons. The lowest BCUT2D eigenvalue weighted by Gasteiger charge is -2.42. The van der Waals surface area contributed by atoms with Crippen molar-refractivity contribution in [1.29, 1.82) is 0 Å². The molecule has 0 aliphatic heterocycles. The van der Waals surface area contributed by atoms with E-state index >= 15 is 0 Å². The van der Waals surface area contributed by atoms with Crippen LogP contribution in [0.2, 0.25) is 0 Å². The van der Waals surface area contributed by atoms with Crippen LogP contribution < -0.4 is 0 Å². The number of carbonyl (C=O) groups is 5. The summed E-state index contributed by atoms with van der Waals surface area (Å²) >= 11 is 0. The molecule has 11 nitrogen and oxygen atoms in total. The Kier molecular flexibility index (Phi) is 17.5. The van der Waals surface area contributed by atoms with Crippen LogP contribution in [-0.4, -0.2) is 67.6 Å². The van der Waals surface area contributed by atoms with Crippen LogP contribution in [0.15, 0.2) is 0 Å². The first-order valence-corrected chi connectivity index (χ1v) is 13.0. The van der Waals surface area contributed by atoms with Crippen LogP contribution in [0.25, 0.3) is 0 Å². The van der Waals surface area contributed by atoms with E-state index in [9.17, 15) is 39.3 Å². The minimum atomic E-state index is -2.27. The quantitative estimate of drug-likeness (QED) is 0.133. The highest BCUT2D eigenvalue weighted by Gasteiger charge is 2.62. The largest absolute Gasteiger partial charge is 0.481 e. The monoisotopic (exact) mass is 534 g/mol. The molecule has 11 heteroatoms. The Bertz CT molecular complexity index is 739. The van der Waals surface area contributed by atoms with E-state index in [-0.39, 0.29) is 25.9 Å².